The summed E-state index contributed by atoms with van der Waals surface area (Å²) in [6.07, 6.45) is 4.16. The van der Waals surface area contributed by atoms with E-state index in [1.54, 1.807) is 4.90 Å². The van der Waals surface area contributed by atoms with Crippen molar-refractivity contribution in [1.82, 2.24) is 9.80 Å². The van der Waals surface area contributed by atoms with Crippen LogP contribution in [-0.2, 0) is 14.3 Å². The number of carbonyl (C=O) groups is 2. The van der Waals surface area contributed by atoms with Gasteiger partial charge in [0.2, 0.25) is 5.91 Å². The van der Waals surface area contributed by atoms with Crippen LogP contribution in [0.3, 0.4) is 0 Å². The number of hydrogen-bond donors (Lipinski definition) is 0. The van der Waals surface area contributed by atoms with E-state index in [0.717, 1.165) is 11.1 Å². The number of ether oxygens (including phenoxy) is 1. The number of allylic oxidation sites excluding steroid dienone is 2. The SMILES string of the molecule is CC(/C=C1\SC(=S)N(CCC(=O)N2CCOCC2)C1=O)=C\c1ccccc1. The topological polar surface area (TPSA) is 49.9 Å². The lowest BCUT2D eigenvalue weighted by Crippen LogP contribution is -2.42. The van der Waals surface area contributed by atoms with Crippen molar-refractivity contribution in [3.8, 4) is 0 Å². The molecule has 0 unspecified atom stereocenters. The lowest BCUT2D eigenvalue weighted by atomic mass is 10.1. The predicted octanol–water partition coefficient (Wildman–Crippen LogP) is 3.08. The molecule has 0 aliphatic carbocycles. The van der Waals surface area contributed by atoms with Gasteiger partial charge in [0, 0.05) is 26.1 Å². The Balaban J connectivity index is 1.60. The van der Waals surface area contributed by atoms with E-state index in [0.29, 0.717) is 42.1 Å². The van der Waals surface area contributed by atoms with Crippen molar-refractivity contribution in [1.29, 1.82) is 0 Å². The van der Waals surface area contributed by atoms with Crippen LogP contribution in [0.15, 0.2) is 46.9 Å². The Kier molecular flexibility index (Phi) is 6.82. The van der Waals surface area contributed by atoms with Gasteiger partial charge in [-0.1, -0.05) is 60.4 Å². The molecule has 1 aromatic rings. The molecular formula is C20H22N2O3S2. The number of morpholine rings is 1. The Morgan fingerprint density at radius 2 is 1.96 bits per heavy atom. The maximum atomic E-state index is 12.7. The van der Waals surface area contributed by atoms with Crippen molar-refractivity contribution >= 4 is 46.2 Å². The van der Waals surface area contributed by atoms with E-state index in [1.807, 2.05) is 49.4 Å². The molecule has 2 amide bonds. The summed E-state index contributed by atoms with van der Waals surface area (Å²) in [5.41, 5.74) is 2.06. The van der Waals surface area contributed by atoms with Gasteiger partial charge in [-0.15, -0.1) is 0 Å². The van der Waals surface area contributed by atoms with Crippen LogP contribution in [0.5, 0.6) is 0 Å². The number of thiocarbonyl (C=S) groups is 1. The van der Waals surface area contributed by atoms with Crippen LogP contribution in [0.25, 0.3) is 6.08 Å². The van der Waals surface area contributed by atoms with E-state index in [9.17, 15) is 9.59 Å². The number of nitrogens with zero attached hydrogens (tertiary/aromatic N) is 2. The van der Waals surface area contributed by atoms with Crippen LogP contribution >= 0.6 is 24.0 Å². The van der Waals surface area contributed by atoms with Crippen molar-refractivity contribution in [3.63, 3.8) is 0 Å². The van der Waals surface area contributed by atoms with Gasteiger partial charge in [0.1, 0.15) is 4.32 Å². The van der Waals surface area contributed by atoms with Gasteiger partial charge in [-0.3, -0.25) is 14.5 Å². The molecule has 1 aromatic carbocycles. The smallest absolute Gasteiger partial charge is 0.266 e. The van der Waals surface area contributed by atoms with Gasteiger partial charge in [0.15, 0.2) is 0 Å². The lowest BCUT2D eigenvalue weighted by molar-refractivity contribution is -0.135. The summed E-state index contributed by atoms with van der Waals surface area (Å²) >= 11 is 6.64. The average molecular weight is 403 g/mol. The summed E-state index contributed by atoms with van der Waals surface area (Å²) in [7, 11) is 0. The number of carbonyl (C=O) groups excluding carboxylic acids is 2. The second-order valence-corrected chi connectivity index (χ2v) is 8.05. The first-order valence-corrected chi connectivity index (χ1v) is 10.1. The number of amides is 2. The third-order valence-electron chi connectivity index (χ3n) is 4.34. The molecule has 2 saturated heterocycles. The highest BCUT2D eigenvalue weighted by molar-refractivity contribution is 8.26. The highest BCUT2D eigenvalue weighted by atomic mass is 32.2. The van der Waals surface area contributed by atoms with E-state index in [-0.39, 0.29) is 18.2 Å². The van der Waals surface area contributed by atoms with Crippen molar-refractivity contribution in [2.24, 2.45) is 0 Å². The highest BCUT2D eigenvalue weighted by Crippen LogP contribution is 2.32. The summed E-state index contributed by atoms with van der Waals surface area (Å²) in [5.74, 6) is -0.0860. The van der Waals surface area contributed by atoms with E-state index < -0.39 is 0 Å². The highest BCUT2D eigenvalue weighted by Gasteiger charge is 2.32. The molecule has 27 heavy (non-hydrogen) atoms. The van der Waals surface area contributed by atoms with E-state index in [1.165, 1.54) is 16.7 Å². The second kappa shape index (κ2) is 9.30. The van der Waals surface area contributed by atoms with Gasteiger partial charge < -0.3 is 9.64 Å². The Morgan fingerprint density at radius 1 is 1.26 bits per heavy atom. The third-order valence-corrected chi connectivity index (χ3v) is 5.72. The standard InChI is InChI=1S/C20H22N2O3S2/c1-15(13-16-5-3-2-4-6-16)14-17-19(24)22(20(26)27-17)8-7-18(23)21-9-11-25-12-10-21/h2-6,13-14H,7-12H2,1H3/b15-13+,17-14-. The van der Waals surface area contributed by atoms with Crippen LogP contribution in [0, 0.1) is 0 Å². The molecule has 0 bridgehead atoms. The van der Waals surface area contributed by atoms with E-state index in [4.69, 9.17) is 17.0 Å². The monoisotopic (exact) mass is 402 g/mol. The first-order chi connectivity index (χ1) is 13.0. The fourth-order valence-electron chi connectivity index (χ4n) is 2.93. The number of hydrogen-bond acceptors (Lipinski definition) is 5. The minimum absolute atomic E-state index is 0.0384. The molecular weight excluding hydrogens is 380 g/mol. The fourth-order valence-corrected chi connectivity index (χ4v) is 4.29. The summed E-state index contributed by atoms with van der Waals surface area (Å²) < 4.78 is 5.77. The third kappa shape index (κ3) is 5.28. The number of benzene rings is 1. The van der Waals surface area contributed by atoms with E-state index in [2.05, 4.69) is 0 Å². The molecule has 2 heterocycles. The first kappa shape index (κ1) is 19.8. The minimum atomic E-state index is -0.124. The van der Waals surface area contributed by atoms with Gasteiger partial charge >= 0.3 is 0 Å². The van der Waals surface area contributed by atoms with Crippen molar-refractivity contribution in [2.75, 3.05) is 32.8 Å². The Morgan fingerprint density at radius 3 is 2.67 bits per heavy atom. The van der Waals surface area contributed by atoms with Crippen molar-refractivity contribution in [3.05, 3.63) is 52.4 Å². The normalized spacial score (nSPS) is 19.9. The maximum absolute atomic E-state index is 12.7. The van der Waals surface area contributed by atoms with Crippen molar-refractivity contribution < 1.29 is 14.3 Å². The summed E-state index contributed by atoms with van der Waals surface area (Å²) in [5, 5.41) is 0. The molecule has 5 nitrogen and oxygen atoms in total. The molecule has 3 rings (SSSR count). The zero-order chi connectivity index (χ0) is 19.2. The van der Waals surface area contributed by atoms with Crippen LogP contribution in [-0.4, -0.2) is 58.8 Å². The molecule has 0 N–H and O–H groups in total. The summed E-state index contributed by atoms with van der Waals surface area (Å²) in [6, 6.07) is 9.95. The zero-order valence-corrected chi connectivity index (χ0v) is 16.9. The summed E-state index contributed by atoms with van der Waals surface area (Å²) in [4.78, 5) is 28.9. The zero-order valence-electron chi connectivity index (χ0n) is 15.2. The molecule has 7 heteroatoms. The molecule has 0 spiro atoms. The fraction of sp³-hybridized carbons (Fsp3) is 0.350. The molecule has 0 radical (unpaired) electrons. The quantitative estimate of drug-likeness (QED) is 0.560. The van der Waals surface area contributed by atoms with E-state index >= 15 is 0 Å². The van der Waals surface area contributed by atoms with Gasteiger partial charge in [0.25, 0.3) is 5.91 Å². The van der Waals surface area contributed by atoms with Crippen LogP contribution < -0.4 is 0 Å². The first-order valence-electron chi connectivity index (χ1n) is 8.89. The maximum Gasteiger partial charge on any atom is 0.266 e. The lowest BCUT2D eigenvalue weighted by Gasteiger charge is -2.27. The largest absolute Gasteiger partial charge is 0.378 e. The molecule has 2 fully saturated rings. The van der Waals surface area contributed by atoms with Gasteiger partial charge in [0.05, 0.1) is 18.1 Å². The van der Waals surface area contributed by atoms with Gasteiger partial charge in [-0.25, -0.2) is 0 Å². The molecule has 142 valence electrons. The Hall–Kier alpha value is -1.96. The number of thioether (sulfide) groups is 1. The van der Waals surface area contributed by atoms with Crippen LogP contribution in [0.2, 0.25) is 0 Å². The van der Waals surface area contributed by atoms with Gasteiger partial charge in [-0.05, 0) is 24.1 Å². The van der Waals surface area contributed by atoms with Crippen LogP contribution in [0.4, 0.5) is 0 Å². The molecule has 2 aliphatic heterocycles. The predicted molar refractivity (Wildman–Crippen MR) is 112 cm³/mol. The van der Waals surface area contributed by atoms with Gasteiger partial charge in [-0.2, -0.15) is 0 Å². The minimum Gasteiger partial charge on any atom is -0.378 e. The second-order valence-electron chi connectivity index (χ2n) is 6.38. The van der Waals surface area contributed by atoms with Crippen molar-refractivity contribution in [2.45, 2.75) is 13.3 Å². The Labute approximate surface area is 169 Å². The molecule has 0 atom stereocenters. The molecule has 2 aliphatic rings. The number of rotatable bonds is 5. The van der Waals surface area contributed by atoms with Crippen LogP contribution in [0.1, 0.15) is 18.9 Å². The Bertz CT molecular complexity index is 784. The molecule has 0 aromatic heterocycles. The molecule has 0 saturated carbocycles. The average Bonchev–Trinajstić information content (AvgIpc) is 2.94. The summed E-state index contributed by atoms with van der Waals surface area (Å²) in [6.45, 7) is 4.65.